The molecular formula is C16H14BrClFN. The fraction of sp³-hybridized carbons (Fsp3) is 0.250. The topological polar surface area (TPSA) is 12.0 Å². The van der Waals surface area contributed by atoms with Crippen molar-refractivity contribution < 1.29 is 4.39 Å². The van der Waals surface area contributed by atoms with Gasteiger partial charge in [-0.25, -0.2) is 4.39 Å². The first kappa shape index (κ1) is 13.9. The van der Waals surface area contributed by atoms with E-state index >= 15 is 0 Å². The van der Waals surface area contributed by atoms with E-state index in [1.807, 2.05) is 6.07 Å². The van der Waals surface area contributed by atoms with Gasteiger partial charge >= 0.3 is 0 Å². The summed E-state index contributed by atoms with van der Waals surface area (Å²) in [7, 11) is 0. The number of hydrogen-bond donors (Lipinski definition) is 1. The first-order chi connectivity index (χ1) is 9.61. The normalized spacial score (nSPS) is 21.4. The third kappa shape index (κ3) is 2.99. The molecule has 1 N–H and O–H groups in total. The fourth-order valence-electron chi connectivity index (χ4n) is 2.67. The number of hydrogen-bond acceptors (Lipinski definition) is 1. The molecule has 0 aromatic heterocycles. The first-order valence-electron chi connectivity index (χ1n) is 6.59. The van der Waals surface area contributed by atoms with E-state index in [1.54, 1.807) is 6.07 Å². The van der Waals surface area contributed by atoms with Crippen LogP contribution in [0.5, 0.6) is 0 Å². The highest BCUT2D eigenvalue weighted by Crippen LogP contribution is 2.41. The zero-order valence-electron chi connectivity index (χ0n) is 10.7. The molecule has 104 valence electrons. The number of halogens is 3. The molecule has 1 saturated carbocycles. The maximum Gasteiger partial charge on any atom is 0.126 e. The number of benzene rings is 2. The van der Waals surface area contributed by atoms with Crippen LogP contribution in [0, 0.1) is 5.82 Å². The minimum Gasteiger partial charge on any atom is -0.382 e. The van der Waals surface area contributed by atoms with Gasteiger partial charge in [-0.3, -0.25) is 0 Å². The van der Waals surface area contributed by atoms with Gasteiger partial charge in [0.25, 0.3) is 0 Å². The zero-order valence-corrected chi connectivity index (χ0v) is 13.1. The molecule has 2 aromatic carbocycles. The van der Waals surface area contributed by atoms with Crippen LogP contribution in [0.15, 0.2) is 46.9 Å². The Bertz CT molecular complexity index is 605. The Morgan fingerprint density at radius 3 is 2.60 bits per heavy atom. The average molecular weight is 355 g/mol. The van der Waals surface area contributed by atoms with Crippen molar-refractivity contribution in [2.45, 2.75) is 24.8 Å². The lowest BCUT2D eigenvalue weighted by atomic mass is 9.76. The van der Waals surface area contributed by atoms with E-state index in [-0.39, 0.29) is 5.82 Å². The van der Waals surface area contributed by atoms with E-state index in [0.29, 0.717) is 17.0 Å². The van der Waals surface area contributed by atoms with Crippen molar-refractivity contribution in [3.63, 3.8) is 0 Å². The molecule has 4 heteroatoms. The summed E-state index contributed by atoms with van der Waals surface area (Å²) >= 11 is 9.44. The smallest absolute Gasteiger partial charge is 0.126 e. The molecular weight excluding hydrogens is 341 g/mol. The monoisotopic (exact) mass is 353 g/mol. The standard InChI is InChI=1S/C16H14BrClFN/c17-16-4-2-1-3-15(16)10-5-13(6-10)20-14-8-11(18)7-12(19)9-14/h1-4,7-10,13,20H,5-6H2. The molecule has 0 heterocycles. The third-order valence-corrected chi connectivity index (χ3v) is 4.66. The van der Waals surface area contributed by atoms with Gasteiger partial charge in [-0.05, 0) is 48.6 Å². The molecule has 0 unspecified atom stereocenters. The first-order valence-corrected chi connectivity index (χ1v) is 7.76. The number of nitrogens with one attached hydrogen (secondary N) is 1. The Balaban J connectivity index is 1.62. The van der Waals surface area contributed by atoms with Gasteiger partial charge in [-0.2, -0.15) is 0 Å². The van der Waals surface area contributed by atoms with Crippen molar-refractivity contribution in [3.8, 4) is 0 Å². The van der Waals surface area contributed by atoms with Gasteiger partial charge in [0.1, 0.15) is 5.82 Å². The van der Waals surface area contributed by atoms with E-state index in [9.17, 15) is 4.39 Å². The van der Waals surface area contributed by atoms with Gasteiger partial charge in [-0.1, -0.05) is 45.7 Å². The van der Waals surface area contributed by atoms with Crippen LogP contribution in [0.3, 0.4) is 0 Å². The molecule has 0 atom stereocenters. The van der Waals surface area contributed by atoms with Crippen LogP contribution in [0.25, 0.3) is 0 Å². The minimum atomic E-state index is -0.304. The molecule has 0 saturated heterocycles. The van der Waals surface area contributed by atoms with Gasteiger partial charge < -0.3 is 5.32 Å². The summed E-state index contributed by atoms with van der Waals surface area (Å²) in [6.07, 6.45) is 2.10. The van der Waals surface area contributed by atoms with Crippen LogP contribution in [0.4, 0.5) is 10.1 Å². The lowest BCUT2D eigenvalue weighted by Gasteiger charge is -2.37. The average Bonchev–Trinajstić information content (AvgIpc) is 2.33. The minimum absolute atomic E-state index is 0.304. The molecule has 1 aliphatic rings. The summed E-state index contributed by atoms with van der Waals surface area (Å²) in [6.45, 7) is 0. The highest BCUT2D eigenvalue weighted by Gasteiger charge is 2.31. The SMILES string of the molecule is Fc1cc(Cl)cc(NC2CC(c3ccccc3Br)C2)c1. The second kappa shape index (κ2) is 5.74. The molecule has 1 aliphatic carbocycles. The third-order valence-electron chi connectivity index (χ3n) is 3.72. The van der Waals surface area contributed by atoms with Gasteiger partial charge in [-0.15, -0.1) is 0 Å². The maximum absolute atomic E-state index is 13.3. The van der Waals surface area contributed by atoms with Gasteiger partial charge in [0.05, 0.1) is 0 Å². The van der Waals surface area contributed by atoms with Crippen molar-refractivity contribution in [2.75, 3.05) is 5.32 Å². The van der Waals surface area contributed by atoms with E-state index in [0.717, 1.165) is 23.0 Å². The van der Waals surface area contributed by atoms with Crippen molar-refractivity contribution in [3.05, 3.63) is 63.3 Å². The molecule has 2 aromatic rings. The van der Waals surface area contributed by atoms with Gasteiger partial charge in [0.2, 0.25) is 0 Å². The van der Waals surface area contributed by atoms with Crippen molar-refractivity contribution >= 4 is 33.2 Å². The van der Waals surface area contributed by atoms with Crippen LogP contribution < -0.4 is 5.32 Å². The highest BCUT2D eigenvalue weighted by molar-refractivity contribution is 9.10. The van der Waals surface area contributed by atoms with E-state index < -0.39 is 0 Å². The molecule has 0 radical (unpaired) electrons. The summed E-state index contributed by atoms with van der Waals surface area (Å²) in [5.74, 6) is 0.258. The van der Waals surface area contributed by atoms with Crippen LogP contribution >= 0.6 is 27.5 Å². The molecule has 0 aliphatic heterocycles. The van der Waals surface area contributed by atoms with Crippen molar-refractivity contribution in [2.24, 2.45) is 0 Å². The van der Waals surface area contributed by atoms with Crippen LogP contribution in [0.1, 0.15) is 24.3 Å². The lowest BCUT2D eigenvalue weighted by Crippen LogP contribution is -2.34. The second-order valence-electron chi connectivity index (χ2n) is 5.19. The molecule has 3 rings (SSSR count). The van der Waals surface area contributed by atoms with Crippen LogP contribution in [-0.4, -0.2) is 6.04 Å². The van der Waals surface area contributed by atoms with Crippen LogP contribution in [0.2, 0.25) is 5.02 Å². The predicted octanol–water partition coefficient (Wildman–Crippen LogP) is 5.60. The summed E-state index contributed by atoms with van der Waals surface area (Å²) < 4.78 is 14.4. The Hall–Kier alpha value is -1.06. The molecule has 0 spiro atoms. The molecule has 1 fully saturated rings. The van der Waals surface area contributed by atoms with Crippen molar-refractivity contribution in [1.82, 2.24) is 0 Å². The highest BCUT2D eigenvalue weighted by atomic mass is 79.9. The van der Waals surface area contributed by atoms with E-state index in [1.165, 1.54) is 17.7 Å². The molecule has 0 bridgehead atoms. The molecule has 0 amide bonds. The lowest BCUT2D eigenvalue weighted by molar-refractivity contribution is 0.373. The van der Waals surface area contributed by atoms with Crippen LogP contribution in [-0.2, 0) is 0 Å². The quantitative estimate of drug-likeness (QED) is 0.756. The maximum atomic E-state index is 13.3. The van der Waals surface area contributed by atoms with Gasteiger partial charge in [0, 0.05) is 21.2 Å². The summed E-state index contributed by atoms with van der Waals surface area (Å²) in [6, 6.07) is 13.3. The number of rotatable bonds is 3. The van der Waals surface area contributed by atoms with Gasteiger partial charge in [0.15, 0.2) is 0 Å². The largest absolute Gasteiger partial charge is 0.382 e. The Labute approximate surface area is 131 Å². The Morgan fingerprint density at radius 2 is 1.90 bits per heavy atom. The summed E-state index contributed by atoms with van der Waals surface area (Å²) in [5.41, 5.74) is 2.11. The Morgan fingerprint density at radius 1 is 1.15 bits per heavy atom. The summed E-state index contributed by atoms with van der Waals surface area (Å²) in [4.78, 5) is 0. The molecule has 20 heavy (non-hydrogen) atoms. The van der Waals surface area contributed by atoms with E-state index in [4.69, 9.17) is 11.6 Å². The predicted molar refractivity (Wildman–Crippen MR) is 84.9 cm³/mol. The summed E-state index contributed by atoms with van der Waals surface area (Å²) in [5, 5.41) is 3.76. The van der Waals surface area contributed by atoms with E-state index in [2.05, 4.69) is 39.4 Å². The zero-order chi connectivity index (χ0) is 14.1. The Kier molecular flexibility index (Phi) is 3.99. The molecule has 1 nitrogen and oxygen atoms in total. The fourth-order valence-corrected chi connectivity index (χ4v) is 3.50. The number of anilines is 1. The van der Waals surface area contributed by atoms with Crippen molar-refractivity contribution in [1.29, 1.82) is 0 Å². The second-order valence-corrected chi connectivity index (χ2v) is 6.48.